The van der Waals surface area contributed by atoms with Gasteiger partial charge in [-0.2, -0.15) is 9.98 Å². The molecule has 0 fully saturated rings. The second kappa shape index (κ2) is 5.88. The smallest absolute Gasteiger partial charge is 0.368 e. The Kier molecular flexibility index (Phi) is 3.76. The normalized spacial score (nSPS) is 12.0. The Hall–Kier alpha value is -3.22. The third-order valence-electron chi connectivity index (χ3n) is 3.32. The van der Waals surface area contributed by atoms with Gasteiger partial charge in [0.15, 0.2) is 0 Å². The van der Waals surface area contributed by atoms with E-state index in [0.717, 1.165) is 0 Å². The molecule has 23 heavy (non-hydrogen) atoms. The highest BCUT2D eigenvalue weighted by atomic mass is 16.5. The van der Waals surface area contributed by atoms with Crippen LogP contribution in [0.5, 0.6) is 11.5 Å². The van der Waals surface area contributed by atoms with Gasteiger partial charge in [0.1, 0.15) is 17.1 Å². The SMILES string of the molecule is COc1cccc(OC)c1C(=O)Nc1ccc2c(c1)=NC(=O)N=2. The largest absolute Gasteiger partial charge is 0.496 e. The average molecular weight is 311 g/mol. The van der Waals surface area contributed by atoms with Crippen molar-refractivity contribution in [2.75, 3.05) is 19.5 Å². The molecule has 0 atom stereocenters. The monoisotopic (exact) mass is 311 g/mol. The summed E-state index contributed by atoms with van der Waals surface area (Å²) in [7, 11) is 2.96. The van der Waals surface area contributed by atoms with E-state index in [1.807, 2.05) is 0 Å². The number of methoxy groups -OCH3 is 2. The lowest BCUT2D eigenvalue weighted by molar-refractivity contribution is 0.102. The maximum atomic E-state index is 12.5. The van der Waals surface area contributed by atoms with Crippen LogP contribution in [0.2, 0.25) is 0 Å². The van der Waals surface area contributed by atoms with Crippen LogP contribution in [0.4, 0.5) is 10.5 Å². The first-order valence-corrected chi connectivity index (χ1v) is 6.76. The van der Waals surface area contributed by atoms with Crippen LogP contribution in [0, 0.1) is 0 Å². The summed E-state index contributed by atoms with van der Waals surface area (Å²) in [6.07, 6.45) is 0. The number of nitrogens with one attached hydrogen (secondary N) is 1. The molecule has 2 aromatic carbocycles. The van der Waals surface area contributed by atoms with Gasteiger partial charge in [-0.1, -0.05) is 6.07 Å². The van der Waals surface area contributed by atoms with Crippen molar-refractivity contribution < 1.29 is 19.1 Å². The highest BCUT2D eigenvalue weighted by Crippen LogP contribution is 2.28. The van der Waals surface area contributed by atoms with E-state index in [0.29, 0.717) is 27.9 Å². The number of urea groups is 1. The lowest BCUT2D eigenvalue weighted by atomic mass is 10.1. The molecule has 0 unspecified atom stereocenters. The highest BCUT2D eigenvalue weighted by molar-refractivity contribution is 6.08. The number of fused-ring (bicyclic) bond motifs is 1. The lowest BCUT2D eigenvalue weighted by Crippen LogP contribution is -2.23. The van der Waals surface area contributed by atoms with Crippen molar-refractivity contribution in [3.63, 3.8) is 0 Å². The molecule has 1 aliphatic heterocycles. The number of amides is 3. The van der Waals surface area contributed by atoms with Crippen molar-refractivity contribution in [2.45, 2.75) is 0 Å². The Balaban J connectivity index is 1.95. The molecule has 0 radical (unpaired) electrons. The number of nitrogens with zero attached hydrogens (tertiary/aromatic N) is 2. The number of carbonyl (C=O) groups is 2. The Bertz CT molecular complexity index is 899. The van der Waals surface area contributed by atoms with E-state index in [1.54, 1.807) is 36.4 Å². The standard InChI is InChI=1S/C16H13N3O4/c1-22-12-4-3-5-13(23-2)14(12)15(20)17-9-6-7-10-11(8-9)19-16(21)18-10/h3-8H,1-2H3,(H,17,20). The van der Waals surface area contributed by atoms with Crippen molar-refractivity contribution in [2.24, 2.45) is 9.98 Å². The zero-order chi connectivity index (χ0) is 16.4. The predicted molar refractivity (Wildman–Crippen MR) is 81.6 cm³/mol. The fraction of sp³-hybridized carbons (Fsp3) is 0.125. The van der Waals surface area contributed by atoms with Gasteiger partial charge in [0, 0.05) is 5.69 Å². The minimum Gasteiger partial charge on any atom is -0.496 e. The van der Waals surface area contributed by atoms with Crippen LogP contribution in [-0.2, 0) is 0 Å². The van der Waals surface area contributed by atoms with Crippen LogP contribution in [0.25, 0.3) is 0 Å². The Morgan fingerprint density at radius 1 is 1.00 bits per heavy atom. The van der Waals surface area contributed by atoms with E-state index >= 15 is 0 Å². The van der Waals surface area contributed by atoms with Crippen molar-refractivity contribution in [1.29, 1.82) is 0 Å². The van der Waals surface area contributed by atoms with E-state index in [4.69, 9.17) is 9.47 Å². The van der Waals surface area contributed by atoms with Gasteiger partial charge in [-0.15, -0.1) is 0 Å². The lowest BCUT2D eigenvalue weighted by Gasteiger charge is -2.12. The molecule has 7 nitrogen and oxygen atoms in total. The van der Waals surface area contributed by atoms with E-state index in [1.165, 1.54) is 14.2 Å². The maximum absolute atomic E-state index is 12.5. The van der Waals surface area contributed by atoms with Crippen LogP contribution in [0.1, 0.15) is 10.4 Å². The molecular weight excluding hydrogens is 298 g/mol. The summed E-state index contributed by atoms with van der Waals surface area (Å²) in [5.74, 6) is 0.413. The van der Waals surface area contributed by atoms with Gasteiger partial charge in [-0.3, -0.25) is 4.79 Å². The first kappa shape index (κ1) is 14.7. The number of ether oxygens (including phenoxy) is 2. The first-order valence-electron chi connectivity index (χ1n) is 6.76. The highest BCUT2D eigenvalue weighted by Gasteiger charge is 2.18. The van der Waals surface area contributed by atoms with Gasteiger partial charge >= 0.3 is 6.03 Å². The number of hydrogen-bond donors (Lipinski definition) is 1. The first-order chi connectivity index (χ1) is 11.1. The second-order valence-corrected chi connectivity index (χ2v) is 4.70. The van der Waals surface area contributed by atoms with Gasteiger partial charge in [0.2, 0.25) is 0 Å². The molecule has 0 spiro atoms. The zero-order valence-corrected chi connectivity index (χ0v) is 12.5. The van der Waals surface area contributed by atoms with Crippen molar-refractivity contribution >= 4 is 17.6 Å². The van der Waals surface area contributed by atoms with Crippen LogP contribution in [0.15, 0.2) is 46.4 Å². The fourth-order valence-electron chi connectivity index (χ4n) is 2.28. The Labute approximate surface area is 131 Å². The minimum absolute atomic E-state index is 0.288. The summed E-state index contributed by atoms with van der Waals surface area (Å²) in [6, 6.07) is 9.39. The van der Waals surface area contributed by atoms with E-state index in [2.05, 4.69) is 15.3 Å². The number of benzene rings is 2. The molecule has 0 saturated carbocycles. The Morgan fingerprint density at radius 3 is 2.30 bits per heavy atom. The fourth-order valence-corrected chi connectivity index (χ4v) is 2.28. The molecule has 1 N–H and O–H groups in total. The average Bonchev–Trinajstić information content (AvgIpc) is 2.93. The number of rotatable bonds is 4. The molecule has 3 amide bonds. The molecule has 116 valence electrons. The molecule has 0 aliphatic carbocycles. The van der Waals surface area contributed by atoms with Crippen molar-refractivity contribution in [3.8, 4) is 11.5 Å². The van der Waals surface area contributed by atoms with E-state index in [9.17, 15) is 9.59 Å². The molecule has 0 aromatic heterocycles. The van der Waals surface area contributed by atoms with Gasteiger partial charge in [-0.25, -0.2) is 4.79 Å². The molecule has 7 heteroatoms. The number of carbonyl (C=O) groups excluding carboxylic acids is 2. The molecule has 3 rings (SSSR count). The van der Waals surface area contributed by atoms with Crippen LogP contribution in [-0.4, -0.2) is 26.2 Å². The third kappa shape index (κ3) is 2.76. The molecule has 0 saturated heterocycles. The van der Waals surface area contributed by atoms with Crippen LogP contribution >= 0.6 is 0 Å². The summed E-state index contributed by atoms with van der Waals surface area (Å²) < 4.78 is 10.4. The summed E-state index contributed by atoms with van der Waals surface area (Å²) in [6.45, 7) is 0. The Morgan fingerprint density at radius 2 is 1.65 bits per heavy atom. The van der Waals surface area contributed by atoms with Crippen LogP contribution < -0.4 is 25.5 Å². The molecule has 1 aliphatic rings. The number of anilines is 1. The van der Waals surface area contributed by atoms with E-state index in [-0.39, 0.29) is 11.5 Å². The maximum Gasteiger partial charge on any atom is 0.368 e. The van der Waals surface area contributed by atoms with Gasteiger partial charge in [-0.05, 0) is 30.3 Å². The minimum atomic E-state index is -0.546. The van der Waals surface area contributed by atoms with Gasteiger partial charge in [0.25, 0.3) is 5.91 Å². The van der Waals surface area contributed by atoms with Crippen LogP contribution in [0.3, 0.4) is 0 Å². The van der Waals surface area contributed by atoms with E-state index < -0.39 is 6.03 Å². The summed E-state index contributed by atoms with van der Waals surface area (Å²) >= 11 is 0. The van der Waals surface area contributed by atoms with Crippen molar-refractivity contribution in [1.82, 2.24) is 0 Å². The predicted octanol–water partition coefficient (Wildman–Crippen LogP) is 1.33. The van der Waals surface area contributed by atoms with Crippen molar-refractivity contribution in [3.05, 3.63) is 52.7 Å². The molecule has 0 bridgehead atoms. The second-order valence-electron chi connectivity index (χ2n) is 4.70. The molecular formula is C16H13N3O4. The van der Waals surface area contributed by atoms with Gasteiger partial charge in [0.05, 0.1) is 24.9 Å². The van der Waals surface area contributed by atoms with Gasteiger partial charge < -0.3 is 14.8 Å². The molecule has 2 aromatic rings. The summed E-state index contributed by atoms with van der Waals surface area (Å²) in [5, 5.41) is 3.66. The summed E-state index contributed by atoms with van der Waals surface area (Å²) in [5.41, 5.74) is 0.783. The quantitative estimate of drug-likeness (QED) is 0.922. The summed E-state index contributed by atoms with van der Waals surface area (Å²) in [4.78, 5) is 31.2. The zero-order valence-electron chi connectivity index (χ0n) is 12.5. The number of hydrogen-bond acceptors (Lipinski definition) is 4. The third-order valence-corrected chi connectivity index (χ3v) is 3.32. The topological polar surface area (TPSA) is 89.4 Å². The molecule has 1 heterocycles.